The monoisotopic (exact) mass is 296 g/mol. The molecule has 116 valence electrons. The fourth-order valence-corrected chi connectivity index (χ4v) is 1.58. The van der Waals surface area contributed by atoms with Crippen molar-refractivity contribution in [2.24, 2.45) is 14.1 Å². The van der Waals surface area contributed by atoms with Crippen LogP contribution in [0.15, 0.2) is 21.9 Å². The lowest BCUT2D eigenvalue weighted by atomic mass is 10.3. The molecule has 0 fully saturated rings. The largest absolute Gasteiger partial charge is 0.460 e. The predicted octanol–water partition coefficient (Wildman–Crippen LogP) is 0.0654. The molecule has 0 radical (unpaired) electrons. The van der Waals surface area contributed by atoms with Crippen LogP contribution in [0.3, 0.4) is 0 Å². The molecule has 0 bridgehead atoms. The van der Waals surface area contributed by atoms with E-state index in [1.54, 1.807) is 0 Å². The zero-order chi connectivity index (χ0) is 16.0. The maximum Gasteiger partial charge on any atom is 0.330 e. The summed E-state index contributed by atoms with van der Waals surface area (Å²) < 4.78 is 12.4. The summed E-state index contributed by atoms with van der Waals surface area (Å²) in [4.78, 5) is 34.8. The highest BCUT2D eigenvalue weighted by molar-refractivity contribution is 5.86. The number of aryl methyl sites for hydroxylation is 1. The molecule has 0 aromatic carbocycles. The fourth-order valence-electron chi connectivity index (χ4n) is 1.58. The third-order valence-corrected chi connectivity index (χ3v) is 2.65. The van der Waals surface area contributed by atoms with Gasteiger partial charge in [0.15, 0.2) is 0 Å². The SMILES string of the molecule is CC(C)OCCOC(=O)/C=C/c1cn(C)c(=O)n(C)c1=O. The second-order valence-electron chi connectivity index (χ2n) is 4.76. The highest BCUT2D eigenvalue weighted by Crippen LogP contribution is 1.94. The van der Waals surface area contributed by atoms with Crippen molar-refractivity contribution in [3.05, 3.63) is 38.7 Å². The van der Waals surface area contributed by atoms with Crippen LogP contribution in [-0.2, 0) is 28.4 Å². The van der Waals surface area contributed by atoms with Gasteiger partial charge in [0.1, 0.15) is 6.61 Å². The normalized spacial score (nSPS) is 11.3. The number of carbonyl (C=O) groups excluding carboxylic acids is 1. The summed E-state index contributed by atoms with van der Waals surface area (Å²) in [5.41, 5.74) is -0.661. The van der Waals surface area contributed by atoms with Crippen LogP contribution in [0, 0.1) is 0 Å². The van der Waals surface area contributed by atoms with Crippen molar-refractivity contribution >= 4 is 12.0 Å². The van der Waals surface area contributed by atoms with E-state index in [1.807, 2.05) is 13.8 Å². The van der Waals surface area contributed by atoms with Gasteiger partial charge >= 0.3 is 11.7 Å². The molecule has 0 saturated carbocycles. The zero-order valence-electron chi connectivity index (χ0n) is 12.7. The van der Waals surface area contributed by atoms with E-state index in [4.69, 9.17) is 9.47 Å². The number of esters is 1. The molecule has 1 rings (SSSR count). The summed E-state index contributed by atoms with van der Waals surface area (Å²) in [5, 5.41) is 0. The van der Waals surface area contributed by atoms with Gasteiger partial charge in [0.25, 0.3) is 5.56 Å². The first-order valence-corrected chi connectivity index (χ1v) is 6.56. The Hall–Kier alpha value is -2.15. The number of hydrogen-bond donors (Lipinski definition) is 0. The Labute approximate surface area is 122 Å². The van der Waals surface area contributed by atoms with Crippen molar-refractivity contribution in [3.8, 4) is 0 Å². The number of aromatic nitrogens is 2. The van der Waals surface area contributed by atoms with E-state index < -0.39 is 17.2 Å². The van der Waals surface area contributed by atoms with Gasteiger partial charge in [-0.1, -0.05) is 0 Å². The van der Waals surface area contributed by atoms with Crippen LogP contribution in [0.25, 0.3) is 6.08 Å². The molecule has 1 heterocycles. The molecule has 7 heteroatoms. The van der Waals surface area contributed by atoms with E-state index in [-0.39, 0.29) is 18.3 Å². The summed E-state index contributed by atoms with van der Waals surface area (Å²) >= 11 is 0. The molecule has 0 aliphatic carbocycles. The van der Waals surface area contributed by atoms with Gasteiger partial charge in [0, 0.05) is 26.4 Å². The van der Waals surface area contributed by atoms with Gasteiger partial charge in [-0.3, -0.25) is 9.36 Å². The van der Waals surface area contributed by atoms with E-state index in [1.165, 1.54) is 30.9 Å². The van der Waals surface area contributed by atoms with Crippen molar-refractivity contribution in [1.29, 1.82) is 0 Å². The topological polar surface area (TPSA) is 79.5 Å². The second kappa shape index (κ2) is 7.58. The molecule has 0 spiro atoms. The molecule has 0 saturated heterocycles. The molecular formula is C14H20N2O5. The minimum Gasteiger partial charge on any atom is -0.460 e. The number of hydrogen-bond acceptors (Lipinski definition) is 5. The fraction of sp³-hybridized carbons (Fsp3) is 0.500. The standard InChI is InChI=1S/C14H20N2O5/c1-10(2)20-7-8-21-12(17)6-5-11-9-15(3)14(19)16(4)13(11)18/h5-6,9-10H,7-8H2,1-4H3/b6-5+. The summed E-state index contributed by atoms with van der Waals surface area (Å²) in [5.74, 6) is -0.571. The van der Waals surface area contributed by atoms with Crippen LogP contribution in [-0.4, -0.2) is 34.4 Å². The Morgan fingerprint density at radius 2 is 1.95 bits per heavy atom. The van der Waals surface area contributed by atoms with Gasteiger partial charge < -0.3 is 14.0 Å². The highest BCUT2D eigenvalue weighted by atomic mass is 16.6. The van der Waals surface area contributed by atoms with Gasteiger partial charge in [-0.2, -0.15) is 0 Å². The van der Waals surface area contributed by atoms with Crippen LogP contribution >= 0.6 is 0 Å². The maximum atomic E-state index is 11.8. The highest BCUT2D eigenvalue weighted by Gasteiger charge is 2.05. The molecule has 1 aromatic rings. The Kier molecular flexibility index (Phi) is 6.10. The van der Waals surface area contributed by atoms with Crippen molar-refractivity contribution in [3.63, 3.8) is 0 Å². The van der Waals surface area contributed by atoms with Crippen molar-refractivity contribution in [2.75, 3.05) is 13.2 Å². The molecule has 0 atom stereocenters. The lowest BCUT2D eigenvalue weighted by Gasteiger charge is -2.07. The average Bonchev–Trinajstić information content (AvgIpc) is 2.43. The van der Waals surface area contributed by atoms with Gasteiger partial charge in [-0.05, 0) is 19.9 Å². The van der Waals surface area contributed by atoms with Crippen molar-refractivity contribution in [2.45, 2.75) is 20.0 Å². The lowest BCUT2D eigenvalue weighted by molar-refractivity contribution is -0.139. The third-order valence-electron chi connectivity index (χ3n) is 2.65. The first-order valence-electron chi connectivity index (χ1n) is 6.56. The second-order valence-corrected chi connectivity index (χ2v) is 4.76. The Bertz CT molecular complexity index is 640. The van der Waals surface area contributed by atoms with Crippen LogP contribution in [0.4, 0.5) is 0 Å². The van der Waals surface area contributed by atoms with Crippen LogP contribution in [0.1, 0.15) is 19.4 Å². The van der Waals surface area contributed by atoms with Gasteiger partial charge in [-0.25, -0.2) is 9.59 Å². The summed E-state index contributed by atoms with van der Waals surface area (Å²) in [7, 11) is 2.91. The van der Waals surface area contributed by atoms with Crippen molar-refractivity contribution in [1.82, 2.24) is 9.13 Å². The van der Waals surface area contributed by atoms with Crippen molar-refractivity contribution < 1.29 is 14.3 Å². The first-order chi connectivity index (χ1) is 9.82. The van der Waals surface area contributed by atoms with Crippen LogP contribution in [0.2, 0.25) is 0 Å². The molecule has 7 nitrogen and oxygen atoms in total. The third kappa shape index (κ3) is 5.03. The van der Waals surface area contributed by atoms with E-state index in [9.17, 15) is 14.4 Å². The van der Waals surface area contributed by atoms with Gasteiger partial charge in [0.2, 0.25) is 0 Å². The number of rotatable bonds is 6. The Balaban J connectivity index is 2.67. The molecule has 1 aromatic heterocycles. The quantitative estimate of drug-likeness (QED) is 0.421. The van der Waals surface area contributed by atoms with E-state index in [0.29, 0.717) is 6.61 Å². The Morgan fingerprint density at radius 1 is 1.29 bits per heavy atom. The van der Waals surface area contributed by atoms with E-state index in [2.05, 4.69) is 0 Å². The molecule has 21 heavy (non-hydrogen) atoms. The Morgan fingerprint density at radius 3 is 2.57 bits per heavy atom. The number of carbonyl (C=O) groups is 1. The van der Waals surface area contributed by atoms with Crippen LogP contribution < -0.4 is 11.2 Å². The smallest absolute Gasteiger partial charge is 0.330 e. The lowest BCUT2D eigenvalue weighted by Crippen LogP contribution is -2.37. The van der Waals surface area contributed by atoms with E-state index in [0.717, 1.165) is 10.6 Å². The molecule has 0 amide bonds. The van der Waals surface area contributed by atoms with E-state index >= 15 is 0 Å². The molecule has 0 N–H and O–H groups in total. The summed E-state index contributed by atoms with van der Waals surface area (Å²) in [6, 6.07) is 0. The minimum absolute atomic E-state index is 0.0767. The molecular weight excluding hydrogens is 276 g/mol. The van der Waals surface area contributed by atoms with Crippen LogP contribution in [0.5, 0.6) is 0 Å². The molecule has 0 aliphatic rings. The summed E-state index contributed by atoms with van der Waals surface area (Å²) in [6.07, 6.45) is 3.92. The van der Waals surface area contributed by atoms with Gasteiger partial charge in [-0.15, -0.1) is 0 Å². The predicted molar refractivity (Wildman–Crippen MR) is 78.0 cm³/mol. The van der Waals surface area contributed by atoms with Gasteiger partial charge in [0.05, 0.1) is 18.3 Å². The average molecular weight is 296 g/mol. The maximum absolute atomic E-state index is 11.8. The number of ether oxygens (including phenoxy) is 2. The molecule has 0 aliphatic heterocycles. The summed E-state index contributed by atoms with van der Waals surface area (Å²) in [6.45, 7) is 4.24. The minimum atomic E-state index is -0.571. The first kappa shape index (κ1) is 16.9. The number of nitrogens with zero attached hydrogens (tertiary/aromatic N) is 2. The molecule has 0 unspecified atom stereocenters. The zero-order valence-corrected chi connectivity index (χ0v) is 12.7.